The second-order valence-corrected chi connectivity index (χ2v) is 7.72. The predicted octanol–water partition coefficient (Wildman–Crippen LogP) is 2.37. The van der Waals surface area contributed by atoms with E-state index in [0.29, 0.717) is 5.56 Å². The summed E-state index contributed by atoms with van der Waals surface area (Å²) in [7, 11) is 3.96. The molecule has 2 atom stereocenters. The van der Waals surface area contributed by atoms with E-state index in [1.54, 1.807) is 29.9 Å². The number of carbonyl (C=O) groups is 1. The van der Waals surface area contributed by atoms with Crippen LogP contribution in [0.3, 0.4) is 0 Å². The number of amides is 1. The third-order valence-electron chi connectivity index (χ3n) is 5.01. The molecule has 8 nitrogen and oxygen atoms in total. The molecule has 1 amide bonds. The molecule has 0 aliphatic rings. The van der Waals surface area contributed by atoms with Gasteiger partial charge in [-0.1, -0.05) is 6.07 Å². The maximum Gasteiger partial charge on any atom is 0.251 e. The van der Waals surface area contributed by atoms with Crippen molar-refractivity contribution < 1.29 is 9.90 Å². The van der Waals surface area contributed by atoms with Gasteiger partial charge in [-0.05, 0) is 64.7 Å². The van der Waals surface area contributed by atoms with E-state index in [9.17, 15) is 9.90 Å². The van der Waals surface area contributed by atoms with Gasteiger partial charge in [0.2, 0.25) is 0 Å². The fraction of sp³-hybridized carbons (Fsp3) is 0.364. The van der Waals surface area contributed by atoms with Crippen LogP contribution >= 0.6 is 0 Å². The molecule has 1 unspecified atom stereocenters. The lowest BCUT2D eigenvalue weighted by Crippen LogP contribution is -2.35. The van der Waals surface area contributed by atoms with Crippen LogP contribution in [-0.4, -0.2) is 62.4 Å². The molecule has 3 rings (SSSR count). The third kappa shape index (κ3) is 4.72. The predicted molar refractivity (Wildman–Crippen MR) is 115 cm³/mol. The van der Waals surface area contributed by atoms with Crippen LogP contribution in [0.4, 0.5) is 0 Å². The van der Waals surface area contributed by atoms with Crippen LogP contribution in [0.15, 0.2) is 42.9 Å². The van der Waals surface area contributed by atoms with Crippen LogP contribution in [0.2, 0.25) is 0 Å². The Kier molecular flexibility index (Phi) is 6.59. The first-order valence-electron chi connectivity index (χ1n) is 9.86. The number of rotatable bonds is 7. The van der Waals surface area contributed by atoms with Crippen molar-refractivity contribution in [3.8, 4) is 16.9 Å². The molecular weight excluding hydrogens is 380 g/mol. The highest BCUT2D eigenvalue weighted by molar-refractivity contribution is 5.96. The second-order valence-electron chi connectivity index (χ2n) is 7.72. The van der Waals surface area contributed by atoms with Gasteiger partial charge in [0.25, 0.3) is 5.91 Å². The first-order valence-corrected chi connectivity index (χ1v) is 9.86. The smallest absolute Gasteiger partial charge is 0.251 e. The minimum atomic E-state index is -0.349. The third-order valence-corrected chi connectivity index (χ3v) is 5.01. The molecule has 2 heterocycles. The molecule has 0 fully saturated rings. The highest BCUT2D eigenvalue weighted by Crippen LogP contribution is 2.25. The molecule has 0 aliphatic heterocycles. The van der Waals surface area contributed by atoms with E-state index in [4.69, 9.17) is 0 Å². The maximum absolute atomic E-state index is 12.8. The summed E-state index contributed by atoms with van der Waals surface area (Å²) in [4.78, 5) is 23.8. The van der Waals surface area contributed by atoms with Crippen molar-refractivity contribution in [3.05, 3.63) is 59.8 Å². The summed E-state index contributed by atoms with van der Waals surface area (Å²) >= 11 is 0. The van der Waals surface area contributed by atoms with Crippen LogP contribution in [0.1, 0.15) is 41.6 Å². The van der Waals surface area contributed by atoms with Gasteiger partial charge in [0.15, 0.2) is 0 Å². The van der Waals surface area contributed by atoms with Crippen molar-refractivity contribution in [3.63, 3.8) is 0 Å². The second kappa shape index (κ2) is 9.15. The van der Waals surface area contributed by atoms with Gasteiger partial charge in [-0.2, -0.15) is 5.10 Å². The maximum atomic E-state index is 12.8. The van der Waals surface area contributed by atoms with Crippen LogP contribution < -0.4 is 5.32 Å². The summed E-state index contributed by atoms with van der Waals surface area (Å²) in [5.74, 6) is 0.498. The number of aryl methyl sites for hydroxylation is 1. The fourth-order valence-electron chi connectivity index (χ4n) is 2.97. The number of benzene rings is 1. The van der Waals surface area contributed by atoms with Crippen LogP contribution in [0.5, 0.6) is 0 Å². The average Bonchev–Trinajstić information content (AvgIpc) is 3.23. The largest absolute Gasteiger partial charge is 0.394 e. The van der Waals surface area contributed by atoms with Crippen LogP contribution in [0, 0.1) is 6.92 Å². The minimum absolute atomic E-state index is 0.0281. The summed E-state index contributed by atoms with van der Waals surface area (Å²) in [5, 5.41) is 16.5. The molecule has 158 valence electrons. The van der Waals surface area contributed by atoms with Gasteiger partial charge in [0, 0.05) is 23.4 Å². The Morgan fingerprint density at radius 2 is 1.97 bits per heavy atom. The Bertz CT molecular complexity index is 1010. The van der Waals surface area contributed by atoms with Gasteiger partial charge in [0.05, 0.1) is 24.0 Å². The zero-order chi connectivity index (χ0) is 21.8. The van der Waals surface area contributed by atoms with Gasteiger partial charge in [-0.15, -0.1) is 0 Å². The fourth-order valence-corrected chi connectivity index (χ4v) is 2.97. The number of aromatic nitrogens is 4. The molecule has 0 spiro atoms. The Hall–Kier alpha value is -3.10. The van der Waals surface area contributed by atoms with Gasteiger partial charge < -0.3 is 10.4 Å². The van der Waals surface area contributed by atoms with Crippen molar-refractivity contribution in [2.45, 2.75) is 32.9 Å². The number of aliphatic hydroxyl groups excluding tert-OH is 1. The van der Waals surface area contributed by atoms with Crippen LogP contribution in [0.25, 0.3) is 16.9 Å². The quantitative estimate of drug-likeness (QED) is 0.623. The summed E-state index contributed by atoms with van der Waals surface area (Å²) in [6.45, 7) is 5.64. The number of hydrogen-bond acceptors (Lipinski definition) is 6. The lowest BCUT2D eigenvalue weighted by molar-refractivity contribution is 0.0922. The van der Waals surface area contributed by atoms with Crippen molar-refractivity contribution in [2.75, 3.05) is 20.7 Å². The SMILES string of the molecule is Cc1ccc(-c2cc(C(=O)N[C@@H](C)CO)cc(-n3ncnc3C(C)N(C)C)c2)nc1. The van der Waals surface area contributed by atoms with Gasteiger partial charge in [-0.3, -0.25) is 14.7 Å². The normalized spacial score (nSPS) is 13.3. The Balaban J connectivity index is 2.12. The molecule has 0 saturated carbocycles. The zero-order valence-corrected chi connectivity index (χ0v) is 18.0. The lowest BCUT2D eigenvalue weighted by atomic mass is 10.0. The Morgan fingerprint density at radius 3 is 2.60 bits per heavy atom. The molecule has 2 N–H and O–H groups in total. The first-order chi connectivity index (χ1) is 14.3. The molecule has 0 aliphatic carbocycles. The van der Waals surface area contributed by atoms with E-state index in [0.717, 1.165) is 28.3 Å². The van der Waals surface area contributed by atoms with Crippen molar-refractivity contribution >= 4 is 5.91 Å². The van der Waals surface area contributed by atoms with E-state index >= 15 is 0 Å². The molecule has 0 bridgehead atoms. The highest BCUT2D eigenvalue weighted by Gasteiger charge is 2.19. The topological polar surface area (TPSA) is 96.2 Å². The monoisotopic (exact) mass is 408 g/mol. The van der Waals surface area contributed by atoms with Gasteiger partial charge in [-0.25, -0.2) is 9.67 Å². The molecule has 30 heavy (non-hydrogen) atoms. The highest BCUT2D eigenvalue weighted by atomic mass is 16.3. The van der Waals surface area contributed by atoms with Crippen molar-refractivity contribution in [1.82, 2.24) is 30.0 Å². The Labute approximate surface area is 176 Å². The molecule has 0 radical (unpaired) electrons. The molecule has 2 aromatic heterocycles. The molecule has 1 aromatic carbocycles. The van der Waals surface area contributed by atoms with E-state index in [-0.39, 0.29) is 24.6 Å². The average molecular weight is 409 g/mol. The molecule has 8 heteroatoms. The van der Waals surface area contributed by atoms with Gasteiger partial charge in [0.1, 0.15) is 12.2 Å². The standard InChI is InChI=1S/C22H28N6O2/c1-14-6-7-20(23-11-14)17-8-18(22(30)26-15(2)12-29)10-19(9-17)28-21(24-13-25-28)16(3)27(4)5/h6-11,13,15-16,29H,12H2,1-5H3,(H,26,30)/t15-,16?/m0/s1. The van der Waals surface area contributed by atoms with E-state index < -0.39 is 0 Å². The minimum Gasteiger partial charge on any atom is -0.394 e. The number of carbonyl (C=O) groups excluding carboxylic acids is 1. The number of hydrogen-bond donors (Lipinski definition) is 2. The zero-order valence-electron chi connectivity index (χ0n) is 18.0. The van der Waals surface area contributed by atoms with E-state index in [1.807, 2.05) is 51.0 Å². The number of pyridine rings is 1. The van der Waals surface area contributed by atoms with Crippen molar-refractivity contribution in [1.29, 1.82) is 0 Å². The Morgan fingerprint density at radius 1 is 1.20 bits per heavy atom. The lowest BCUT2D eigenvalue weighted by Gasteiger charge is -2.20. The van der Waals surface area contributed by atoms with E-state index in [2.05, 4.69) is 20.4 Å². The number of nitrogens with zero attached hydrogens (tertiary/aromatic N) is 5. The summed E-state index contributed by atoms with van der Waals surface area (Å²) in [6, 6.07) is 9.11. The summed E-state index contributed by atoms with van der Waals surface area (Å²) in [5.41, 5.74) is 3.80. The molecular formula is C22H28N6O2. The summed E-state index contributed by atoms with van der Waals surface area (Å²) < 4.78 is 1.74. The van der Waals surface area contributed by atoms with Crippen LogP contribution in [-0.2, 0) is 0 Å². The number of aliphatic hydroxyl groups is 1. The summed E-state index contributed by atoms with van der Waals surface area (Å²) in [6.07, 6.45) is 3.31. The molecule has 0 saturated heterocycles. The van der Waals surface area contributed by atoms with Gasteiger partial charge >= 0.3 is 0 Å². The first kappa shape index (κ1) is 21.6. The van der Waals surface area contributed by atoms with Crippen molar-refractivity contribution in [2.24, 2.45) is 0 Å². The number of nitrogens with one attached hydrogen (secondary N) is 1. The molecule has 3 aromatic rings. The van der Waals surface area contributed by atoms with E-state index in [1.165, 1.54) is 6.33 Å².